The summed E-state index contributed by atoms with van der Waals surface area (Å²) in [6, 6.07) is 7.38. The summed E-state index contributed by atoms with van der Waals surface area (Å²) in [6.07, 6.45) is 3.78. The van der Waals surface area contributed by atoms with Crippen molar-refractivity contribution >= 4 is 17.3 Å². The van der Waals surface area contributed by atoms with E-state index in [1.165, 1.54) is 10.4 Å². The number of guanidine groups is 1. The molecule has 0 saturated heterocycles. The molecule has 0 aliphatic rings. The molecule has 5 nitrogen and oxygen atoms in total. The molecule has 23 heavy (non-hydrogen) atoms. The van der Waals surface area contributed by atoms with Gasteiger partial charge in [0.2, 0.25) is 5.56 Å². The maximum Gasteiger partial charge on any atom is 0.250 e. The van der Waals surface area contributed by atoms with E-state index in [4.69, 9.17) is 0 Å². The number of aryl methyl sites for hydroxylation is 2. The first kappa shape index (κ1) is 17.3. The molecule has 2 aromatic rings. The van der Waals surface area contributed by atoms with E-state index in [2.05, 4.69) is 34.0 Å². The Labute approximate surface area is 141 Å². The van der Waals surface area contributed by atoms with E-state index in [1.54, 1.807) is 35.1 Å². The zero-order valence-electron chi connectivity index (χ0n) is 13.7. The van der Waals surface area contributed by atoms with Crippen LogP contribution >= 0.6 is 11.3 Å². The van der Waals surface area contributed by atoms with Gasteiger partial charge >= 0.3 is 0 Å². The van der Waals surface area contributed by atoms with Crippen LogP contribution in [-0.2, 0) is 13.1 Å². The van der Waals surface area contributed by atoms with E-state index in [1.807, 2.05) is 12.3 Å². The number of nitrogens with zero attached hydrogens (tertiary/aromatic N) is 2. The Hall–Kier alpha value is -2.08. The normalized spacial score (nSPS) is 11.5. The Balaban J connectivity index is 1.65. The van der Waals surface area contributed by atoms with Crippen molar-refractivity contribution in [1.29, 1.82) is 0 Å². The molecule has 0 aromatic carbocycles. The molecule has 0 spiro atoms. The highest BCUT2D eigenvalue weighted by Crippen LogP contribution is 2.14. The van der Waals surface area contributed by atoms with Gasteiger partial charge in [0.05, 0.1) is 6.54 Å². The van der Waals surface area contributed by atoms with Gasteiger partial charge in [0, 0.05) is 37.3 Å². The standard InChI is InChI=1S/C17H24N4OS/c1-14-8-12-23-15(14)13-20-17(18-2)19-9-4-6-11-21-10-5-3-7-16(21)22/h3,5,7-8,10,12H,4,6,9,11,13H2,1-2H3,(H2,18,19,20). The molecule has 0 atom stereocenters. The Kier molecular flexibility index (Phi) is 6.87. The molecular weight excluding hydrogens is 308 g/mol. The lowest BCUT2D eigenvalue weighted by Crippen LogP contribution is -2.37. The van der Waals surface area contributed by atoms with Crippen LogP contribution in [0.3, 0.4) is 0 Å². The average Bonchev–Trinajstić information content (AvgIpc) is 2.97. The first-order valence-corrected chi connectivity index (χ1v) is 8.71. The summed E-state index contributed by atoms with van der Waals surface area (Å²) in [5, 5.41) is 8.74. The lowest BCUT2D eigenvalue weighted by molar-refractivity contribution is 0.585. The predicted molar refractivity (Wildman–Crippen MR) is 97.2 cm³/mol. The molecule has 0 radical (unpaired) electrons. The summed E-state index contributed by atoms with van der Waals surface area (Å²) in [5.74, 6) is 0.815. The highest BCUT2D eigenvalue weighted by atomic mass is 32.1. The minimum absolute atomic E-state index is 0.0595. The second-order valence-corrected chi connectivity index (χ2v) is 6.32. The van der Waals surface area contributed by atoms with E-state index in [-0.39, 0.29) is 5.56 Å². The number of rotatable bonds is 7. The van der Waals surface area contributed by atoms with Crippen LogP contribution in [0, 0.1) is 6.92 Å². The maximum atomic E-state index is 11.6. The van der Waals surface area contributed by atoms with E-state index >= 15 is 0 Å². The quantitative estimate of drug-likeness (QED) is 0.465. The van der Waals surface area contributed by atoms with Crippen molar-refractivity contribution in [3.05, 3.63) is 56.6 Å². The van der Waals surface area contributed by atoms with Gasteiger partial charge in [-0.1, -0.05) is 6.07 Å². The van der Waals surface area contributed by atoms with E-state index < -0.39 is 0 Å². The summed E-state index contributed by atoms with van der Waals surface area (Å²) in [6.45, 7) is 4.50. The molecule has 0 amide bonds. The molecule has 0 saturated carbocycles. The number of thiophene rings is 1. The number of hydrogen-bond acceptors (Lipinski definition) is 3. The molecule has 124 valence electrons. The lowest BCUT2D eigenvalue weighted by Gasteiger charge is -2.12. The summed E-state index contributed by atoms with van der Waals surface area (Å²) < 4.78 is 1.74. The molecule has 0 bridgehead atoms. The molecule has 2 N–H and O–H groups in total. The van der Waals surface area contributed by atoms with E-state index in [9.17, 15) is 4.79 Å². The maximum absolute atomic E-state index is 11.6. The number of pyridine rings is 1. The molecule has 2 aromatic heterocycles. The molecule has 0 aliphatic carbocycles. The first-order chi connectivity index (χ1) is 11.2. The van der Waals surface area contributed by atoms with Gasteiger partial charge in [0.1, 0.15) is 0 Å². The van der Waals surface area contributed by atoms with Crippen molar-refractivity contribution in [2.24, 2.45) is 4.99 Å². The summed E-state index contributed by atoms with van der Waals surface area (Å²) in [7, 11) is 1.78. The van der Waals surface area contributed by atoms with Crippen LogP contribution in [0.25, 0.3) is 0 Å². The van der Waals surface area contributed by atoms with Gasteiger partial charge in [0.25, 0.3) is 0 Å². The largest absolute Gasteiger partial charge is 0.356 e. The van der Waals surface area contributed by atoms with Crippen LogP contribution in [0.15, 0.2) is 45.6 Å². The molecule has 0 aliphatic heterocycles. The average molecular weight is 332 g/mol. The number of aliphatic imine (C=N–C) groups is 1. The van der Waals surface area contributed by atoms with Crippen molar-refractivity contribution in [1.82, 2.24) is 15.2 Å². The minimum atomic E-state index is 0.0595. The third-order valence-corrected chi connectivity index (χ3v) is 4.65. The van der Waals surface area contributed by atoms with Crippen molar-refractivity contribution in [3.8, 4) is 0 Å². The Morgan fingerprint density at radius 3 is 2.83 bits per heavy atom. The zero-order chi connectivity index (χ0) is 16.5. The van der Waals surface area contributed by atoms with Gasteiger partial charge in [-0.05, 0) is 42.8 Å². The van der Waals surface area contributed by atoms with Gasteiger partial charge in [-0.25, -0.2) is 0 Å². The van der Waals surface area contributed by atoms with Crippen LogP contribution in [0.1, 0.15) is 23.3 Å². The van der Waals surface area contributed by atoms with Crippen molar-refractivity contribution in [3.63, 3.8) is 0 Å². The smallest absolute Gasteiger partial charge is 0.250 e. The monoisotopic (exact) mass is 332 g/mol. The van der Waals surface area contributed by atoms with E-state index in [0.29, 0.717) is 0 Å². The SMILES string of the molecule is CN=C(NCCCCn1ccccc1=O)NCc1sccc1C. The Morgan fingerprint density at radius 2 is 2.13 bits per heavy atom. The number of nitrogens with one attached hydrogen (secondary N) is 2. The van der Waals surface area contributed by atoms with Crippen LogP contribution in [-0.4, -0.2) is 24.1 Å². The van der Waals surface area contributed by atoms with Gasteiger partial charge in [-0.3, -0.25) is 9.79 Å². The van der Waals surface area contributed by atoms with Crippen molar-refractivity contribution in [2.45, 2.75) is 32.9 Å². The Bertz CT molecular complexity index is 690. The highest BCUT2D eigenvalue weighted by molar-refractivity contribution is 7.10. The molecule has 6 heteroatoms. The van der Waals surface area contributed by atoms with Gasteiger partial charge in [-0.15, -0.1) is 11.3 Å². The fraction of sp³-hybridized carbons (Fsp3) is 0.412. The van der Waals surface area contributed by atoms with Gasteiger partial charge in [-0.2, -0.15) is 0 Å². The molecule has 2 rings (SSSR count). The fourth-order valence-electron chi connectivity index (χ4n) is 2.23. The van der Waals surface area contributed by atoms with Crippen molar-refractivity contribution < 1.29 is 0 Å². The van der Waals surface area contributed by atoms with Gasteiger partial charge < -0.3 is 15.2 Å². The third kappa shape index (κ3) is 5.56. The minimum Gasteiger partial charge on any atom is -0.356 e. The first-order valence-electron chi connectivity index (χ1n) is 7.83. The summed E-state index contributed by atoms with van der Waals surface area (Å²) in [4.78, 5) is 17.1. The van der Waals surface area contributed by atoms with E-state index in [0.717, 1.165) is 38.4 Å². The third-order valence-electron chi connectivity index (χ3n) is 3.63. The fourth-order valence-corrected chi connectivity index (χ4v) is 3.07. The van der Waals surface area contributed by atoms with Crippen LogP contribution in [0.2, 0.25) is 0 Å². The lowest BCUT2D eigenvalue weighted by atomic mass is 10.3. The second-order valence-electron chi connectivity index (χ2n) is 5.32. The molecule has 0 fully saturated rings. The summed E-state index contributed by atoms with van der Waals surface area (Å²) >= 11 is 1.76. The number of aromatic nitrogens is 1. The molecular formula is C17H24N4OS. The topological polar surface area (TPSA) is 58.4 Å². The molecule has 0 unspecified atom stereocenters. The predicted octanol–water partition coefficient (Wildman–Crippen LogP) is 2.36. The summed E-state index contributed by atoms with van der Waals surface area (Å²) in [5.41, 5.74) is 1.37. The molecule has 2 heterocycles. The van der Waals surface area contributed by atoms with Crippen LogP contribution < -0.4 is 16.2 Å². The number of hydrogen-bond donors (Lipinski definition) is 2. The van der Waals surface area contributed by atoms with Crippen LogP contribution in [0.4, 0.5) is 0 Å². The second kappa shape index (κ2) is 9.15. The van der Waals surface area contributed by atoms with Gasteiger partial charge in [0.15, 0.2) is 5.96 Å². The zero-order valence-corrected chi connectivity index (χ0v) is 14.5. The van der Waals surface area contributed by atoms with Crippen molar-refractivity contribution in [2.75, 3.05) is 13.6 Å². The van der Waals surface area contributed by atoms with Crippen LogP contribution in [0.5, 0.6) is 0 Å². The highest BCUT2D eigenvalue weighted by Gasteiger charge is 2.02. The Morgan fingerprint density at radius 1 is 1.26 bits per heavy atom. The number of unbranched alkanes of at least 4 members (excludes halogenated alkanes) is 1.